The molecule has 1 aromatic carbocycles. The summed E-state index contributed by atoms with van der Waals surface area (Å²) in [5, 5.41) is 17.8. The Kier molecular flexibility index (Phi) is 7.04. The van der Waals surface area contributed by atoms with Gasteiger partial charge in [0.1, 0.15) is 6.17 Å². The molecule has 4 atom stereocenters. The van der Waals surface area contributed by atoms with Crippen molar-refractivity contribution in [3.05, 3.63) is 24.3 Å². The van der Waals surface area contributed by atoms with E-state index in [0.717, 1.165) is 57.1 Å². The SMILES string of the molecule is N#CC[C@@]1(N2NC(Nc3ccc(S(=O)(=O)C4CCCCC4)cc3)C3C(=O)NCCC32)CCCOC1. The summed E-state index contributed by atoms with van der Waals surface area (Å²) in [7, 11) is -3.33. The smallest absolute Gasteiger partial charge is 0.228 e. The lowest BCUT2D eigenvalue weighted by molar-refractivity contribution is -0.130. The van der Waals surface area contributed by atoms with Gasteiger partial charge in [-0.3, -0.25) is 4.79 Å². The lowest BCUT2D eigenvalue weighted by Crippen LogP contribution is -2.61. The van der Waals surface area contributed by atoms with Crippen LogP contribution in [-0.2, 0) is 19.4 Å². The van der Waals surface area contributed by atoms with Crippen LogP contribution in [0.3, 0.4) is 0 Å². The van der Waals surface area contributed by atoms with Crippen LogP contribution in [0.2, 0.25) is 0 Å². The van der Waals surface area contributed by atoms with Gasteiger partial charge in [0.05, 0.1) is 40.7 Å². The highest BCUT2D eigenvalue weighted by atomic mass is 32.2. The van der Waals surface area contributed by atoms with Gasteiger partial charge in [0.15, 0.2) is 9.84 Å². The predicted molar refractivity (Wildman–Crippen MR) is 131 cm³/mol. The molecule has 1 saturated carbocycles. The molecule has 3 unspecified atom stereocenters. The Balaban J connectivity index is 1.35. The highest BCUT2D eigenvalue weighted by molar-refractivity contribution is 7.92. The molecule has 1 aliphatic carbocycles. The molecule has 35 heavy (non-hydrogen) atoms. The van der Waals surface area contributed by atoms with Gasteiger partial charge in [-0.2, -0.15) is 5.26 Å². The number of hydrogen-bond acceptors (Lipinski definition) is 8. The van der Waals surface area contributed by atoms with E-state index in [1.165, 1.54) is 0 Å². The summed E-state index contributed by atoms with van der Waals surface area (Å²) in [5.41, 5.74) is 3.79. The molecule has 5 rings (SSSR count). The van der Waals surface area contributed by atoms with Gasteiger partial charge in [0.25, 0.3) is 0 Å². The number of nitrogens with zero attached hydrogens (tertiary/aromatic N) is 2. The third kappa shape index (κ3) is 4.67. The Morgan fingerprint density at radius 2 is 1.91 bits per heavy atom. The Morgan fingerprint density at radius 1 is 1.14 bits per heavy atom. The normalized spacial score (nSPS) is 32.4. The third-order valence-electron chi connectivity index (χ3n) is 8.14. The van der Waals surface area contributed by atoms with Crippen molar-refractivity contribution in [1.82, 2.24) is 15.8 Å². The largest absolute Gasteiger partial charge is 0.379 e. The van der Waals surface area contributed by atoms with Crippen molar-refractivity contribution in [2.45, 2.75) is 85.7 Å². The van der Waals surface area contributed by atoms with E-state index >= 15 is 0 Å². The Labute approximate surface area is 207 Å². The molecule has 0 radical (unpaired) electrons. The van der Waals surface area contributed by atoms with Gasteiger partial charge in [-0.25, -0.2) is 18.9 Å². The first-order valence-corrected chi connectivity index (χ1v) is 14.4. The molecule has 4 aliphatic rings. The van der Waals surface area contributed by atoms with Crippen molar-refractivity contribution in [2.24, 2.45) is 5.92 Å². The topological polar surface area (TPSA) is 124 Å². The fraction of sp³-hybridized carbons (Fsp3) is 0.680. The second-order valence-electron chi connectivity index (χ2n) is 10.3. The summed E-state index contributed by atoms with van der Waals surface area (Å²) in [6.45, 7) is 1.74. The molecule has 3 N–H and O–H groups in total. The molecule has 190 valence electrons. The summed E-state index contributed by atoms with van der Waals surface area (Å²) in [6, 6.07) is 9.19. The minimum atomic E-state index is -3.33. The number of anilines is 1. The maximum absolute atomic E-state index is 13.1. The lowest BCUT2D eigenvalue weighted by Gasteiger charge is -2.46. The molecule has 0 bridgehead atoms. The van der Waals surface area contributed by atoms with E-state index in [-0.39, 0.29) is 29.3 Å². The maximum Gasteiger partial charge on any atom is 0.228 e. The Bertz CT molecular complexity index is 1060. The average molecular weight is 502 g/mol. The summed E-state index contributed by atoms with van der Waals surface area (Å²) in [6.07, 6.45) is 6.95. The summed E-state index contributed by atoms with van der Waals surface area (Å²) >= 11 is 0. The second kappa shape index (κ2) is 10.1. The molecule has 0 aromatic heterocycles. The fourth-order valence-electron chi connectivity index (χ4n) is 6.30. The van der Waals surface area contributed by atoms with E-state index in [9.17, 15) is 18.5 Å². The number of piperidine rings is 1. The number of benzene rings is 1. The van der Waals surface area contributed by atoms with Gasteiger partial charge in [0, 0.05) is 24.9 Å². The predicted octanol–water partition coefficient (Wildman–Crippen LogP) is 2.32. The number of ether oxygens (including phenoxy) is 1. The van der Waals surface area contributed by atoms with E-state index in [2.05, 4.69) is 27.1 Å². The molecule has 0 spiro atoms. The molecule has 4 fully saturated rings. The van der Waals surface area contributed by atoms with Gasteiger partial charge in [-0.05, 0) is 56.4 Å². The molecule has 1 amide bonds. The highest BCUT2D eigenvalue weighted by Crippen LogP contribution is 2.39. The number of nitrogens with one attached hydrogen (secondary N) is 3. The lowest BCUT2D eigenvalue weighted by atomic mass is 9.84. The van der Waals surface area contributed by atoms with Gasteiger partial charge in [-0.15, -0.1) is 0 Å². The molecular weight excluding hydrogens is 466 g/mol. The summed E-state index contributed by atoms with van der Waals surface area (Å²) in [4.78, 5) is 13.3. The summed E-state index contributed by atoms with van der Waals surface area (Å²) in [5.74, 6) is -0.360. The van der Waals surface area contributed by atoms with Crippen molar-refractivity contribution >= 4 is 21.4 Å². The van der Waals surface area contributed by atoms with Crippen LogP contribution in [-0.4, -0.2) is 62.1 Å². The van der Waals surface area contributed by atoms with Gasteiger partial charge < -0.3 is 15.4 Å². The standard InChI is InChI=1S/C25H35N5O4S/c26-14-13-25(12-4-16-34-17-25)30-21-11-15-27-24(31)22(21)23(29-30)28-18-7-9-20(10-8-18)35(32,33)19-5-2-1-3-6-19/h7-10,19,21-23,28-29H,1-6,11-13,15-17H2,(H,27,31)/t21?,22?,23?,25-/m0/s1. The van der Waals surface area contributed by atoms with Crippen molar-refractivity contribution in [2.75, 3.05) is 25.1 Å². The second-order valence-corrected chi connectivity index (χ2v) is 12.6. The third-order valence-corrected chi connectivity index (χ3v) is 10.4. The number of sulfone groups is 1. The van der Waals surface area contributed by atoms with E-state index in [1.54, 1.807) is 24.3 Å². The highest BCUT2D eigenvalue weighted by Gasteiger charge is 2.54. The van der Waals surface area contributed by atoms with E-state index in [4.69, 9.17) is 4.74 Å². The average Bonchev–Trinajstić information content (AvgIpc) is 3.26. The van der Waals surface area contributed by atoms with Crippen LogP contribution in [0.25, 0.3) is 0 Å². The van der Waals surface area contributed by atoms with Crippen molar-refractivity contribution in [3.8, 4) is 6.07 Å². The number of carbonyl (C=O) groups excluding carboxylic acids is 1. The van der Waals surface area contributed by atoms with Crippen LogP contribution in [0.4, 0.5) is 5.69 Å². The molecule has 10 heteroatoms. The fourth-order valence-corrected chi connectivity index (χ4v) is 8.16. The van der Waals surface area contributed by atoms with Gasteiger partial charge in [0.2, 0.25) is 5.91 Å². The van der Waals surface area contributed by atoms with Crippen LogP contribution >= 0.6 is 0 Å². The van der Waals surface area contributed by atoms with E-state index in [0.29, 0.717) is 31.1 Å². The van der Waals surface area contributed by atoms with E-state index < -0.39 is 15.4 Å². The molecule has 3 aliphatic heterocycles. The number of fused-ring (bicyclic) bond motifs is 1. The Morgan fingerprint density at radius 3 is 2.60 bits per heavy atom. The first-order valence-electron chi connectivity index (χ1n) is 12.8. The molecule has 1 aromatic rings. The van der Waals surface area contributed by atoms with E-state index in [1.807, 2.05) is 0 Å². The van der Waals surface area contributed by atoms with Crippen LogP contribution in [0.5, 0.6) is 0 Å². The van der Waals surface area contributed by atoms with Gasteiger partial charge in [-0.1, -0.05) is 19.3 Å². The molecular formula is C25H35N5O4S. The first kappa shape index (κ1) is 24.5. The first-order chi connectivity index (χ1) is 16.9. The van der Waals surface area contributed by atoms with Gasteiger partial charge >= 0.3 is 0 Å². The quantitative estimate of drug-likeness (QED) is 0.543. The minimum absolute atomic E-state index is 0.0194. The molecule has 3 saturated heterocycles. The number of rotatable bonds is 6. The number of amides is 1. The zero-order chi connectivity index (χ0) is 24.5. The van der Waals surface area contributed by atoms with Crippen LogP contribution < -0.4 is 16.1 Å². The number of hydrazine groups is 1. The van der Waals surface area contributed by atoms with Crippen molar-refractivity contribution in [3.63, 3.8) is 0 Å². The maximum atomic E-state index is 13.1. The zero-order valence-corrected chi connectivity index (χ0v) is 20.9. The summed E-state index contributed by atoms with van der Waals surface area (Å²) < 4.78 is 31.9. The molecule has 3 heterocycles. The number of hydrogen-bond donors (Lipinski definition) is 3. The van der Waals surface area contributed by atoms with Crippen LogP contribution in [0.15, 0.2) is 29.2 Å². The van der Waals surface area contributed by atoms with Crippen molar-refractivity contribution in [1.29, 1.82) is 5.26 Å². The Hall–Kier alpha value is -2.19. The van der Waals surface area contributed by atoms with Crippen LogP contribution in [0, 0.1) is 17.2 Å². The zero-order valence-electron chi connectivity index (χ0n) is 20.0. The monoisotopic (exact) mass is 501 g/mol. The van der Waals surface area contributed by atoms with Crippen LogP contribution in [0.1, 0.15) is 57.8 Å². The molecule has 9 nitrogen and oxygen atoms in total. The number of nitriles is 1. The number of carbonyl (C=O) groups is 1. The minimum Gasteiger partial charge on any atom is -0.379 e. The van der Waals surface area contributed by atoms with Crippen molar-refractivity contribution < 1.29 is 17.9 Å².